The molecule has 1 aromatic rings. The second-order valence-corrected chi connectivity index (χ2v) is 11.3. The number of phenols is 1. The Kier molecular flexibility index (Phi) is 7.20. The van der Waals surface area contributed by atoms with Gasteiger partial charge in [-0.1, -0.05) is 13.3 Å². The molecule has 2 unspecified atom stereocenters. The lowest BCUT2D eigenvalue weighted by atomic mass is 9.57. The number of hydrogen-bond donors (Lipinski definition) is 6. The molecule has 212 valence electrons. The van der Waals surface area contributed by atoms with Crippen molar-refractivity contribution in [2.24, 2.45) is 17.6 Å². The molecule has 4 rings (SSSR count). The first-order chi connectivity index (χ1) is 18.2. The summed E-state index contributed by atoms with van der Waals surface area (Å²) in [7, 11) is 3.14. The molecular weight excluding hydrogens is 504 g/mol. The lowest BCUT2D eigenvalue weighted by molar-refractivity contribution is -0.153. The third-order valence-electron chi connectivity index (χ3n) is 8.41. The topological polar surface area (TPSA) is 191 Å². The van der Waals surface area contributed by atoms with E-state index in [0.29, 0.717) is 12.1 Å². The number of nitrogen functional groups attached to an aromatic ring is 1. The van der Waals surface area contributed by atoms with Crippen molar-refractivity contribution in [2.75, 3.05) is 31.3 Å². The smallest absolute Gasteiger partial charge is 0.255 e. The van der Waals surface area contributed by atoms with Crippen LogP contribution in [0.25, 0.3) is 5.76 Å². The molecule has 8 N–H and O–H groups in total. The highest BCUT2D eigenvalue weighted by atomic mass is 16.3. The Bertz CT molecular complexity index is 1320. The Labute approximate surface area is 227 Å². The van der Waals surface area contributed by atoms with Gasteiger partial charge in [0.25, 0.3) is 5.91 Å². The fourth-order valence-corrected chi connectivity index (χ4v) is 6.55. The maximum absolute atomic E-state index is 14.0. The van der Waals surface area contributed by atoms with Gasteiger partial charge in [0.1, 0.15) is 22.8 Å². The Morgan fingerprint density at radius 1 is 1.21 bits per heavy atom. The van der Waals surface area contributed by atoms with Crippen LogP contribution in [0.5, 0.6) is 5.75 Å². The molecule has 1 aromatic carbocycles. The zero-order valence-electron chi connectivity index (χ0n) is 23.0. The number of carbonyl (C=O) groups is 3. The lowest BCUT2D eigenvalue weighted by Crippen LogP contribution is -2.65. The van der Waals surface area contributed by atoms with Gasteiger partial charge in [0.15, 0.2) is 11.4 Å². The molecular formula is C28H38N4O7. The molecule has 3 aliphatic carbocycles. The zero-order valence-corrected chi connectivity index (χ0v) is 23.0. The number of phenolic OH excluding ortho intramolecular Hbond substituents is 1. The molecule has 4 atom stereocenters. The van der Waals surface area contributed by atoms with Crippen molar-refractivity contribution in [3.63, 3.8) is 0 Å². The van der Waals surface area contributed by atoms with Crippen LogP contribution in [0.2, 0.25) is 0 Å². The Morgan fingerprint density at radius 2 is 1.85 bits per heavy atom. The summed E-state index contributed by atoms with van der Waals surface area (Å²) in [6.45, 7) is 6.84. The molecule has 11 nitrogen and oxygen atoms in total. The quantitative estimate of drug-likeness (QED) is 0.167. The van der Waals surface area contributed by atoms with E-state index in [-0.39, 0.29) is 41.5 Å². The van der Waals surface area contributed by atoms with E-state index in [0.717, 1.165) is 18.5 Å². The number of unbranched alkanes of at least 4 members (excludes halogenated alkanes) is 1. The van der Waals surface area contributed by atoms with E-state index >= 15 is 0 Å². The summed E-state index contributed by atoms with van der Waals surface area (Å²) in [5.41, 5.74) is 9.18. The van der Waals surface area contributed by atoms with E-state index in [1.54, 1.807) is 20.2 Å². The van der Waals surface area contributed by atoms with E-state index < -0.39 is 58.0 Å². The average Bonchev–Trinajstić information content (AvgIpc) is 2.83. The van der Waals surface area contributed by atoms with Crippen LogP contribution in [-0.2, 0) is 20.8 Å². The van der Waals surface area contributed by atoms with Crippen LogP contribution in [0.4, 0.5) is 11.4 Å². The third-order valence-corrected chi connectivity index (χ3v) is 8.41. The number of fused-ring (bicyclic) bond motifs is 3. The summed E-state index contributed by atoms with van der Waals surface area (Å²) >= 11 is 0. The van der Waals surface area contributed by atoms with Crippen molar-refractivity contribution in [1.29, 1.82) is 0 Å². The van der Waals surface area contributed by atoms with E-state index in [1.165, 1.54) is 4.90 Å². The van der Waals surface area contributed by atoms with Gasteiger partial charge >= 0.3 is 0 Å². The number of Topliss-reactive ketones (excluding diaryl/α,β-unsaturated/α-hetero) is 2. The highest BCUT2D eigenvalue weighted by molar-refractivity contribution is 6.24. The van der Waals surface area contributed by atoms with Gasteiger partial charge in [-0.2, -0.15) is 0 Å². The Balaban J connectivity index is 1.97. The first-order valence-corrected chi connectivity index (χ1v) is 13.3. The Morgan fingerprint density at radius 3 is 2.38 bits per heavy atom. The second-order valence-electron chi connectivity index (χ2n) is 11.3. The van der Waals surface area contributed by atoms with Gasteiger partial charge in [0, 0.05) is 29.8 Å². The highest BCUT2D eigenvalue weighted by Gasteiger charge is 2.64. The number of nitrogens with zero attached hydrogens (tertiary/aromatic N) is 2. The van der Waals surface area contributed by atoms with Gasteiger partial charge < -0.3 is 36.8 Å². The van der Waals surface area contributed by atoms with Crippen molar-refractivity contribution in [2.45, 2.75) is 64.1 Å². The summed E-state index contributed by atoms with van der Waals surface area (Å²) in [6, 6.07) is 0.612. The van der Waals surface area contributed by atoms with Crippen LogP contribution in [0.3, 0.4) is 0 Å². The number of hydrogen-bond acceptors (Lipinski definition) is 10. The molecule has 0 spiro atoms. The minimum Gasteiger partial charge on any atom is -0.508 e. The van der Waals surface area contributed by atoms with Gasteiger partial charge in [-0.15, -0.1) is 0 Å². The fourth-order valence-electron chi connectivity index (χ4n) is 6.55. The van der Waals surface area contributed by atoms with Crippen LogP contribution in [-0.4, -0.2) is 81.1 Å². The predicted molar refractivity (Wildman–Crippen MR) is 146 cm³/mol. The number of amides is 1. The van der Waals surface area contributed by atoms with Crippen LogP contribution < -0.4 is 16.4 Å². The first kappa shape index (κ1) is 28.4. The lowest BCUT2D eigenvalue weighted by Gasteiger charge is -2.50. The number of nitrogens with two attached hydrogens (primary N) is 2. The van der Waals surface area contributed by atoms with Crippen LogP contribution in [0.1, 0.15) is 51.2 Å². The second kappa shape index (κ2) is 9.87. The van der Waals surface area contributed by atoms with Crippen molar-refractivity contribution >= 4 is 34.6 Å². The summed E-state index contributed by atoms with van der Waals surface area (Å²) < 4.78 is 0. The van der Waals surface area contributed by atoms with Crippen molar-refractivity contribution in [1.82, 2.24) is 4.90 Å². The number of anilines is 2. The first-order valence-electron chi connectivity index (χ1n) is 13.3. The summed E-state index contributed by atoms with van der Waals surface area (Å²) in [4.78, 5) is 43.0. The average molecular weight is 543 g/mol. The van der Waals surface area contributed by atoms with Crippen molar-refractivity contribution in [3.05, 3.63) is 34.1 Å². The molecule has 0 aliphatic heterocycles. The van der Waals surface area contributed by atoms with Gasteiger partial charge in [0.2, 0.25) is 5.78 Å². The molecule has 0 saturated heterocycles. The van der Waals surface area contributed by atoms with Crippen LogP contribution in [0, 0.1) is 11.8 Å². The SMILES string of the molecule is CCCCN(c1cc(N)c(O)c2c1CC1CC3[C@H](N(C)C)C(=O)C(C(N)=O)=C(O)[C@@]3(O)C(=O)C1=C2O)C(C)C. The van der Waals surface area contributed by atoms with Crippen molar-refractivity contribution < 1.29 is 34.8 Å². The molecule has 3 aliphatic rings. The zero-order chi connectivity index (χ0) is 29.1. The number of ketones is 2. The van der Waals surface area contributed by atoms with Crippen LogP contribution >= 0.6 is 0 Å². The number of carbonyl (C=O) groups excluding carboxylic acids is 3. The van der Waals surface area contributed by atoms with E-state index in [9.17, 15) is 34.8 Å². The molecule has 39 heavy (non-hydrogen) atoms. The summed E-state index contributed by atoms with van der Waals surface area (Å²) in [5, 5.41) is 45.1. The summed E-state index contributed by atoms with van der Waals surface area (Å²) in [5.74, 6) is -6.90. The monoisotopic (exact) mass is 542 g/mol. The number of aromatic hydroxyl groups is 1. The number of primary amides is 1. The number of aliphatic hydroxyl groups is 3. The molecule has 1 amide bonds. The minimum absolute atomic E-state index is 0.00318. The minimum atomic E-state index is -2.67. The predicted octanol–water partition coefficient (Wildman–Crippen LogP) is 1.56. The highest BCUT2D eigenvalue weighted by Crippen LogP contribution is 2.54. The molecule has 0 aromatic heterocycles. The van der Waals surface area contributed by atoms with Gasteiger partial charge in [-0.25, -0.2) is 0 Å². The van der Waals surface area contributed by atoms with E-state index in [1.807, 2.05) is 13.8 Å². The van der Waals surface area contributed by atoms with Gasteiger partial charge in [-0.05, 0) is 64.8 Å². The fraction of sp³-hybridized carbons (Fsp3) is 0.536. The standard InChI is InChI=1S/C28H38N4O7/c1-6-7-8-32(12(2)3)17-11-16(29)22(33)19-14(17)9-13-10-15-21(31(4)5)24(35)20(27(30)38)26(37)28(15,39)25(36)18(13)23(19)34/h11-13,15,21,33-34,37,39H,6-10,29H2,1-5H3,(H2,30,38)/t13?,15?,21-,28-/m0/s1. The van der Waals surface area contributed by atoms with Crippen molar-refractivity contribution in [3.8, 4) is 5.75 Å². The number of rotatable bonds is 7. The molecule has 1 fully saturated rings. The molecule has 0 bridgehead atoms. The Hall–Kier alpha value is -3.57. The normalized spacial score (nSPS) is 26.6. The summed E-state index contributed by atoms with van der Waals surface area (Å²) in [6.07, 6.45) is 2.11. The van der Waals surface area contributed by atoms with Crippen LogP contribution in [0.15, 0.2) is 23.0 Å². The maximum atomic E-state index is 14.0. The van der Waals surface area contributed by atoms with Gasteiger partial charge in [-0.3, -0.25) is 19.3 Å². The molecule has 11 heteroatoms. The largest absolute Gasteiger partial charge is 0.508 e. The molecule has 0 radical (unpaired) electrons. The third kappa shape index (κ3) is 4.06. The molecule has 1 saturated carbocycles. The maximum Gasteiger partial charge on any atom is 0.255 e. The number of aliphatic hydroxyl groups excluding tert-OH is 2. The number of benzene rings is 1. The molecule has 0 heterocycles. The van der Waals surface area contributed by atoms with Gasteiger partial charge in [0.05, 0.1) is 17.3 Å². The van der Waals surface area contributed by atoms with E-state index in [4.69, 9.17) is 11.5 Å². The van der Waals surface area contributed by atoms with E-state index in [2.05, 4.69) is 11.8 Å². The number of likely N-dealkylation sites (N-methyl/N-ethyl adjacent to an activating group) is 1.